The highest BCUT2D eigenvalue weighted by Crippen LogP contribution is 2.33. The first-order valence-electron chi connectivity index (χ1n) is 9.11. The molecule has 1 atom stereocenters. The highest BCUT2D eigenvalue weighted by Gasteiger charge is 2.36. The summed E-state index contributed by atoms with van der Waals surface area (Å²) in [6.07, 6.45) is 3.51. The van der Waals surface area contributed by atoms with E-state index in [2.05, 4.69) is 27.9 Å². The minimum atomic E-state index is -0.821. The van der Waals surface area contributed by atoms with Crippen molar-refractivity contribution in [2.75, 3.05) is 39.8 Å². The molecule has 0 spiro atoms. The van der Waals surface area contributed by atoms with Crippen LogP contribution in [0.25, 0.3) is 10.9 Å². The van der Waals surface area contributed by atoms with Gasteiger partial charge >= 0.3 is 6.09 Å². The zero-order chi connectivity index (χ0) is 17.4. The fourth-order valence-corrected chi connectivity index (χ4v) is 4.36. The van der Waals surface area contributed by atoms with Crippen LogP contribution in [0.3, 0.4) is 0 Å². The summed E-state index contributed by atoms with van der Waals surface area (Å²) in [5, 5.41) is 10.8. The molecule has 0 bridgehead atoms. The highest BCUT2D eigenvalue weighted by atomic mass is 16.4. The van der Waals surface area contributed by atoms with Gasteiger partial charge in [-0.15, -0.1) is 0 Å². The van der Waals surface area contributed by atoms with Crippen LogP contribution in [0.15, 0.2) is 30.5 Å². The number of fused-ring (bicyclic) bond motifs is 1. The largest absolute Gasteiger partial charge is 0.465 e. The fourth-order valence-electron chi connectivity index (χ4n) is 4.36. The summed E-state index contributed by atoms with van der Waals surface area (Å²) in [6.45, 7) is 4.44. The van der Waals surface area contributed by atoms with Gasteiger partial charge in [0.05, 0.1) is 6.04 Å². The quantitative estimate of drug-likeness (QED) is 0.881. The molecule has 2 N–H and O–H groups in total. The molecule has 1 aromatic carbocycles. The predicted octanol–water partition coefficient (Wildman–Crippen LogP) is 2.60. The Morgan fingerprint density at radius 1 is 1.16 bits per heavy atom. The van der Waals surface area contributed by atoms with Gasteiger partial charge in [0, 0.05) is 48.3 Å². The standard InChI is InChI=1S/C19H26N4O2/c1-21-8-6-14(7-9-21)22-10-11-23(19(24)25)18(13-22)16-12-20-17-5-3-2-4-15(16)17/h2-5,12,14,18,20H,6-11,13H2,1H3,(H,24,25). The molecule has 2 aliphatic rings. The summed E-state index contributed by atoms with van der Waals surface area (Å²) in [5.41, 5.74) is 2.16. The van der Waals surface area contributed by atoms with Crippen LogP contribution in [0, 0.1) is 0 Å². The van der Waals surface area contributed by atoms with Crippen molar-refractivity contribution in [3.05, 3.63) is 36.0 Å². The van der Waals surface area contributed by atoms with Gasteiger partial charge in [0.15, 0.2) is 0 Å². The smallest absolute Gasteiger partial charge is 0.407 e. The Hall–Kier alpha value is -2.05. The molecular weight excluding hydrogens is 316 g/mol. The molecule has 6 nitrogen and oxygen atoms in total. The van der Waals surface area contributed by atoms with Crippen LogP contribution < -0.4 is 0 Å². The third-order valence-electron chi connectivity index (χ3n) is 5.84. The molecule has 2 fully saturated rings. The monoisotopic (exact) mass is 342 g/mol. The summed E-state index contributed by atoms with van der Waals surface area (Å²) in [4.78, 5) is 21.6. The number of H-pyrrole nitrogens is 1. The van der Waals surface area contributed by atoms with Crippen molar-refractivity contribution < 1.29 is 9.90 Å². The molecule has 6 heteroatoms. The molecule has 1 amide bonds. The van der Waals surface area contributed by atoms with E-state index in [0.717, 1.165) is 42.6 Å². The lowest BCUT2D eigenvalue weighted by Gasteiger charge is -2.45. The number of piperidine rings is 1. The lowest BCUT2D eigenvalue weighted by atomic mass is 9.97. The Balaban J connectivity index is 1.61. The second-order valence-corrected chi connectivity index (χ2v) is 7.31. The van der Waals surface area contributed by atoms with E-state index in [9.17, 15) is 9.90 Å². The molecule has 0 saturated carbocycles. The molecule has 134 valence electrons. The van der Waals surface area contributed by atoms with E-state index < -0.39 is 6.09 Å². The zero-order valence-electron chi connectivity index (χ0n) is 14.7. The number of para-hydroxylation sites is 1. The Kier molecular flexibility index (Phi) is 4.39. The van der Waals surface area contributed by atoms with E-state index in [1.54, 1.807) is 4.90 Å². The number of hydrogen-bond donors (Lipinski definition) is 2. The molecule has 25 heavy (non-hydrogen) atoms. The van der Waals surface area contributed by atoms with Gasteiger partial charge in [0.25, 0.3) is 0 Å². The summed E-state index contributed by atoms with van der Waals surface area (Å²) in [5.74, 6) is 0. The normalized spacial score (nSPS) is 24.0. The Bertz CT molecular complexity index is 751. The number of hydrogen-bond acceptors (Lipinski definition) is 3. The highest BCUT2D eigenvalue weighted by molar-refractivity contribution is 5.84. The average Bonchev–Trinajstić information content (AvgIpc) is 3.06. The van der Waals surface area contributed by atoms with Crippen molar-refractivity contribution in [3.8, 4) is 0 Å². The van der Waals surface area contributed by atoms with Crippen LogP contribution in [0.4, 0.5) is 4.79 Å². The van der Waals surface area contributed by atoms with Gasteiger partial charge in [-0.3, -0.25) is 9.80 Å². The van der Waals surface area contributed by atoms with Gasteiger partial charge in [-0.05, 0) is 39.0 Å². The van der Waals surface area contributed by atoms with E-state index in [1.165, 1.54) is 12.8 Å². The Labute approximate surface area is 148 Å². The maximum absolute atomic E-state index is 11.8. The van der Waals surface area contributed by atoms with Crippen LogP contribution in [-0.2, 0) is 0 Å². The first-order chi connectivity index (χ1) is 12.1. The van der Waals surface area contributed by atoms with E-state index in [-0.39, 0.29) is 6.04 Å². The van der Waals surface area contributed by atoms with Crippen LogP contribution in [0.1, 0.15) is 24.4 Å². The number of benzene rings is 1. The molecule has 2 saturated heterocycles. The van der Waals surface area contributed by atoms with Crippen molar-refractivity contribution >= 4 is 17.0 Å². The van der Waals surface area contributed by atoms with Gasteiger partial charge in [-0.2, -0.15) is 0 Å². The predicted molar refractivity (Wildman–Crippen MR) is 97.9 cm³/mol. The SMILES string of the molecule is CN1CCC(N2CCN(C(=O)O)C(c3c[nH]c4ccccc34)C2)CC1. The molecule has 4 rings (SSSR count). The van der Waals surface area contributed by atoms with Gasteiger partial charge in [-0.1, -0.05) is 18.2 Å². The minimum absolute atomic E-state index is 0.109. The molecule has 2 aliphatic heterocycles. The summed E-state index contributed by atoms with van der Waals surface area (Å²) in [7, 11) is 2.17. The number of nitrogens with zero attached hydrogens (tertiary/aromatic N) is 3. The molecule has 2 aromatic rings. The minimum Gasteiger partial charge on any atom is -0.465 e. The number of rotatable bonds is 2. The molecule has 0 radical (unpaired) electrons. The summed E-state index contributed by atoms with van der Waals surface area (Å²) >= 11 is 0. The van der Waals surface area contributed by atoms with E-state index >= 15 is 0 Å². The Morgan fingerprint density at radius 2 is 1.92 bits per heavy atom. The molecule has 0 aliphatic carbocycles. The number of aromatic nitrogens is 1. The molecule has 3 heterocycles. The first-order valence-corrected chi connectivity index (χ1v) is 9.11. The lowest BCUT2D eigenvalue weighted by molar-refractivity contribution is 0.0307. The number of carboxylic acid groups (broad SMARTS) is 1. The van der Waals surface area contributed by atoms with Gasteiger partial charge in [0.1, 0.15) is 0 Å². The topological polar surface area (TPSA) is 62.8 Å². The van der Waals surface area contributed by atoms with Crippen LogP contribution >= 0.6 is 0 Å². The third-order valence-corrected chi connectivity index (χ3v) is 5.84. The maximum atomic E-state index is 11.8. The van der Waals surface area contributed by atoms with Crippen LogP contribution in [0.2, 0.25) is 0 Å². The first kappa shape index (κ1) is 16.4. The maximum Gasteiger partial charge on any atom is 0.407 e. The van der Waals surface area contributed by atoms with Crippen molar-refractivity contribution in [1.29, 1.82) is 0 Å². The summed E-state index contributed by atoms with van der Waals surface area (Å²) in [6, 6.07) is 8.60. The number of likely N-dealkylation sites (tertiary alicyclic amines) is 1. The van der Waals surface area contributed by atoms with E-state index in [4.69, 9.17) is 0 Å². The van der Waals surface area contributed by atoms with Gasteiger partial charge in [-0.25, -0.2) is 4.79 Å². The number of amides is 1. The molecule has 1 aromatic heterocycles. The number of piperazine rings is 1. The average molecular weight is 342 g/mol. The molecule has 1 unspecified atom stereocenters. The number of nitrogens with one attached hydrogen (secondary N) is 1. The van der Waals surface area contributed by atoms with E-state index in [1.807, 2.05) is 24.4 Å². The van der Waals surface area contributed by atoms with E-state index in [0.29, 0.717) is 12.6 Å². The second-order valence-electron chi connectivity index (χ2n) is 7.31. The number of aromatic amines is 1. The van der Waals surface area contributed by atoms with Crippen LogP contribution in [-0.4, -0.2) is 76.7 Å². The summed E-state index contributed by atoms with van der Waals surface area (Å²) < 4.78 is 0. The Morgan fingerprint density at radius 3 is 2.68 bits per heavy atom. The van der Waals surface area contributed by atoms with Gasteiger partial charge in [0.2, 0.25) is 0 Å². The zero-order valence-corrected chi connectivity index (χ0v) is 14.7. The second kappa shape index (κ2) is 6.69. The fraction of sp³-hybridized carbons (Fsp3) is 0.526. The van der Waals surface area contributed by atoms with Gasteiger partial charge < -0.3 is 15.0 Å². The lowest BCUT2D eigenvalue weighted by Crippen LogP contribution is -2.55. The van der Waals surface area contributed by atoms with Crippen molar-refractivity contribution in [3.63, 3.8) is 0 Å². The van der Waals surface area contributed by atoms with Crippen molar-refractivity contribution in [2.24, 2.45) is 0 Å². The third kappa shape index (κ3) is 3.12. The van der Waals surface area contributed by atoms with Crippen molar-refractivity contribution in [2.45, 2.75) is 24.9 Å². The van der Waals surface area contributed by atoms with Crippen LogP contribution in [0.5, 0.6) is 0 Å². The number of carbonyl (C=O) groups is 1. The molecular formula is C19H26N4O2. The van der Waals surface area contributed by atoms with Crippen molar-refractivity contribution in [1.82, 2.24) is 19.7 Å².